The van der Waals surface area contributed by atoms with Gasteiger partial charge in [-0.2, -0.15) is 0 Å². The number of aromatic nitrogens is 2. The molecule has 0 fully saturated rings. The summed E-state index contributed by atoms with van der Waals surface area (Å²) in [5, 5.41) is 16.6. The third-order valence-corrected chi connectivity index (χ3v) is 9.21. The van der Waals surface area contributed by atoms with Gasteiger partial charge in [0.05, 0.1) is 16.8 Å². The third kappa shape index (κ3) is 7.58. The number of carbonyl (C=O) groups excluding carboxylic acids is 1. The number of carboxylic acid groups (broad SMARTS) is 1. The van der Waals surface area contributed by atoms with E-state index in [0.717, 1.165) is 46.3 Å². The lowest BCUT2D eigenvalue weighted by Gasteiger charge is -2.31. The summed E-state index contributed by atoms with van der Waals surface area (Å²) >= 11 is 1.42. The molecule has 0 unspecified atom stereocenters. The molecule has 242 valence electrons. The Bertz CT molecular complexity index is 1880. The van der Waals surface area contributed by atoms with Crippen molar-refractivity contribution < 1.29 is 23.8 Å². The van der Waals surface area contributed by atoms with E-state index in [1.807, 2.05) is 60.5 Å². The highest BCUT2D eigenvalue weighted by Gasteiger charge is 2.25. The number of ether oxygens (including phenoxy) is 1. The fraction of sp³-hybridized carbons (Fsp3) is 0.278. The number of aryl methyl sites for hydroxylation is 2. The largest absolute Gasteiger partial charge is 0.491 e. The molecule has 3 N–H and O–H groups in total. The molecule has 1 aliphatic heterocycles. The summed E-state index contributed by atoms with van der Waals surface area (Å²) in [6, 6.07) is 22.1. The molecule has 0 saturated carbocycles. The van der Waals surface area contributed by atoms with Crippen LogP contribution < -0.4 is 20.3 Å². The van der Waals surface area contributed by atoms with Gasteiger partial charge >= 0.3 is 5.97 Å². The Kier molecular flexibility index (Phi) is 10.0. The maximum absolute atomic E-state index is 14.5. The standard InChI is InChI=1S/C36H36FN5O4S/c1-38-18-5-7-23-13-15-30(28(37)21-23)46-20-6-9-25-14-16-32(40-33(25)35(44)45)42-19-17-24-8-4-10-26(27(24)22-42)34(43)41-36-39-29-11-2-3-12-31(29)47-36/h2-4,8,10-16,21,38H,5-7,9,17-20,22H2,1H3,(H,44,45)(H,39,41,43). The zero-order valence-electron chi connectivity index (χ0n) is 26.1. The highest BCUT2D eigenvalue weighted by Crippen LogP contribution is 2.30. The van der Waals surface area contributed by atoms with Crippen molar-refractivity contribution >= 4 is 44.4 Å². The second-order valence-electron chi connectivity index (χ2n) is 11.5. The maximum Gasteiger partial charge on any atom is 0.354 e. The fourth-order valence-electron chi connectivity index (χ4n) is 5.85. The maximum atomic E-state index is 14.5. The molecule has 0 spiro atoms. The molecule has 0 atom stereocenters. The van der Waals surface area contributed by atoms with Crippen molar-refractivity contribution in [2.75, 3.05) is 37.0 Å². The number of nitrogens with one attached hydrogen (secondary N) is 2. The van der Waals surface area contributed by atoms with Crippen LogP contribution in [0.2, 0.25) is 0 Å². The molecule has 3 aromatic carbocycles. The summed E-state index contributed by atoms with van der Waals surface area (Å²) in [5.74, 6) is -1.03. The van der Waals surface area contributed by atoms with E-state index in [4.69, 9.17) is 4.74 Å². The Morgan fingerprint density at radius 2 is 1.89 bits per heavy atom. The van der Waals surface area contributed by atoms with Gasteiger partial charge in [-0.1, -0.05) is 47.7 Å². The molecule has 1 amide bonds. The van der Waals surface area contributed by atoms with Crippen molar-refractivity contribution in [3.63, 3.8) is 0 Å². The molecule has 9 nitrogen and oxygen atoms in total. The van der Waals surface area contributed by atoms with Crippen LogP contribution in [-0.4, -0.2) is 53.7 Å². The normalized spacial score (nSPS) is 12.6. The van der Waals surface area contributed by atoms with E-state index in [2.05, 4.69) is 20.6 Å². The SMILES string of the molecule is CNCCCc1ccc(OCCCc2ccc(N3CCc4cccc(C(=O)Nc5nc6ccccc6s5)c4C3)nc2C(=O)O)c(F)c1. The number of fused-ring (bicyclic) bond motifs is 2. The van der Waals surface area contributed by atoms with Gasteiger partial charge in [-0.15, -0.1) is 0 Å². The number of amides is 1. The number of halogens is 1. The number of hydrogen-bond donors (Lipinski definition) is 3. The number of benzene rings is 3. The van der Waals surface area contributed by atoms with Crippen LogP contribution in [-0.2, 0) is 25.8 Å². The van der Waals surface area contributed by atoms with Gasteiger partial charge < -0.3 is 20.1 Å². The summed E-state index contributed by atoms with van der Waals surface area (Å²) in [7, 11) is 1.89. The molecule has 11 heteroatoms. The van der Waals surface area contributed by atoms with E-state index >= 15 is 0 Å². The second kappa shape index (κ2) is 14.7. The van der Waals surface area contributed by atoms with Crippen LogP contribution in [0.3, 0.4) is 0 Å². The van der Waals surface area contributed by atoms with Crippen LogP contribution in [0.4, 0.5) is 15.3 Å². The first-order valence-corrected chi connectivity index (χ1v) is 16.5. The predicted octanol–water partition coefficient (Wildman–Crippen LogP) is 6.51. The minimum Gasteiger partial charge on any atom is -0.491 e. The van der Waals surface area contributed by atoms with Gasteiger partial charge in [0.25, 0.3) is 5.91 Å². The molecule has 0 bridgehead atoms. The molecule has 3 heterocycles. The number of pyridine rings is 1. The van der Waals surface area contributed by atoms with Crippen molar-refractivity contribution in [2.24, 2.45) is 0 Å². The molecule has 1 aliphatic rings. The number of anilines is 2. The van der Waals surface area contributed by atoms with Gasteiger partial charge in [-0.05, 0) is 104 Å². The minimum atomic E-state index is -1.11. The molecule has 5 aromatic rings. The smallest absolute Gasteiger partial charge is 0.354 e. The van der Waals surface area contributed by atoms with Crippen LogP contribution in [0.15, 0.2) is 72.8 Å². The van der Waals surface area contributed by atoms with E-state index in [9.17, 15) is 19.1 Å². The topological polar surface area (TPSA) is 117 Å². The lowest BCUT2D eigenvalue weighted by Crippen LogP contribution is -2.33. The summed E-state index contributed by atoms with van der Waals surface area (Å²) in [6.07, 6.45) is 3.30. The summed E-state index contributed by atoms with van der Waals surface area (Å²) in [5.41, 5.74) is 4.83. The van der Waals surface area contributed by atoms with Gasteiger partial charge in [0.2, 0.25) is 0 Å². The lowest BCUT2D eigenvalue weighted by molar-refractivity contribution is 0.0689. The zero-order chi connectivity index (χ0) is 32.8. The first-order chi connectivity index (χ1) is 22.9. The van der Waals surface area contributed by atoms with E-state index in [1.54, 1.807) is 18.2 Å². The van der Waals surface area contributed by atoms with Crippen molar-refractivity contribution in [3.8, 4) is 5.75 Å². The number of aromatic carboxylic acids is 1. The van der Waals surface area contributed by atoms with Gasteiger partial charge in [-0.25, -0.2) is 19.2 Å². The molecule has 0 radical (unpaired) electrons. The predicted molar refractivity (Wildman–Crippen MR) is 182 cm³/mol. The Hall–Kier alpha value is -4.87. The number of hydrogen-bond acceptors (Lipinski definition) is 8. The van der Waals surface area contributed by atoms with Crippen molar-refractivity contribution in [1.29, 1.82) is 0 Å². The molecule has 0 aliphatic carbocycles. The fourth-order valence-corrected chi connectivity index (χ4v) is 6.71. The van der Waals surface area contributed by atoms with E-state index in [0.29, 0.717) is 54.4 Å². The number of carbonyl (C=O) groups is 2. The van der Waals surface area contributed by atoms with Crippen LogP contribution in [0.1, 0.15) is 55.9 Å². The second-order valence-corrected chi connectivity index (χ2v) is 12.5. The molecule has 0 saturated heterocycles. The van der Waals surface area contributed by atoms with Crippen molar-refractivity contribution in [2.45, 2.75) is 38.6 Å². The zero-order valence-corrected chi connectivity index (χ0v) is 26.9. The monoisotopic (exact) mass is 653 g/mol. The highest BCUT2D eigenvalue weighted by atomic mass is 32.1. The number of carboxylic acids is 1. The van der Waals surface area contributed by atoms with Gasteiger partial charge in [0, 0.05) is 18.7 Å². The summed E-state index contributed by atoms with van der Waals surface area (Å²) in [4.78, 5) is 36.7. The van der Waals surface area contributed by atoms with E-state index in [-0.39, 0.29) is 24.0 Å². The van der Waals surface area contributed by atoms with Crippen LogP contribution in [0.5, 0.6) is 5.75 Å². The quantitative estimate of drug-likeness (QED) is 0.123. The molecule has 6 rings (SSSR count). The number of thiazole rings is 1. The van der Waals surface area contributed by atoms with Gasteiger partial charge in [0.15, 0.2) is 22.4 Å². The highest BCUT2D eigenvalue weighted by molar-refractivity contribution is 7.22. The molecule has 47 heavy (non-hydrogen) atoms. The summed E-state index contributed by atoms with van der Waals surface area (Å²) in [6.45, 7) is 2.15. The lowest BCUT2D eigenvalue weighted by atomic mass is 9.94. The Labute approximate surface area is 276 Å². The Balaban J connectivity index is 1.10. The van der Waals surface area contributed by atoms with Gasteiger partial charge in [-0.3, -0.25) is 10.1 Å². The number of rotatable bonds is 13. The van der Waals surface area contributed by atoms with Crippen LogP contribution in [0.25, 0.3) is 10.2 Å². The Morgan fingerprint density at radius 1 is 1.02 bits per heavy atom. The first kappa shape index (κ1) is 32.1. The molecular formula is C36H36FN5O4S. The molecule has 2 aromatic heterocycles. The van der Waals surface area contributed by atoms with Gasteiger partial charge in [0.1, 0.15) is 5.82 Å². The molecular weight excluding hydrogens is 617 g/mol. The van der Waals surface area contributed by atoms with Crippen molar-refractivity contribution in [1.82, 2.24) is 15.3 Å². The van der Waals surface area contributed by atoms with E-state index < -0.39 is 11.8 Å². The number of para-hydroxylation sites is 1. The van der Waals surface area contributed by atoms with Crippen molar-refractivity contribution in [3.05, 3.63) is 112 Å². The average molecular weight is 654 g/mol. The third-order valence-electron chi connectivity index (χ3n) is 8.26. The Morgan fingerprint density at radius 3 is 2.70 bits per heavy atom. The summed E-state index contributed by atoms with van der Waals surface area (Å²) < 4.78 is 21.2. The minimum absolute atomic E-state index is 0.0211. The van der Waals surface area contributed by atoms with Crippen LogP contribution >= 0.6 is 11.3 Å². The van der Waals surface area contributed by atoms with E-state index in [1.165, 1.54) is 17.4 Å². The van der Waals surface area contributed by atoms with Crippen LogP contribution in [0, 0.1) is 5.82 Å². The average Bonchev–Trinajstić information content (AvgIpc) is 3.49. The number of nitrogens with zero attached hydrogens (tertiary/aromatic N) is 3. The first-order valence-electron chi connectivity index (χ1n) is 15.7.